The molecule has 0 radical (unpaired) electrons. The van der Waals surface area contributed by atoms with E-state index in [-0.39, 0.29) is 24.2 Å². The molecule has 1 heterocycles. The van der Waals surface area contributed by atoms with Gasteiger partial charge in [0.2, 0.25) is 5.91 Å². The van der Waals surface area contributed by atoms with Crippen molar-refractivity contribution in [3.63, 3.8) is 0 Å². The number of fused-ring (bicyclic) bond motifs is 2. The number of halogens is 1. The molecule has 4 rings (SSSR count). The molecule has 1 aromatic heterocycles. The van der Waals surface area contributed by atoms with Crippen LogP contribution in [0.25, 0.3) is 0 Å². The number of benzene rings is 1. The number of carbonyl (C=O) groups is 2. The number of urea groups is 1. The predicted octanol–water partition coefficient (Wildman–Crippen LogP) is 3.28. The van der Waals surface area contributed by atoms with Crippen LogP contribution in [0.15, 0.2) is 29.4 Å². The van der Waals surface area contributed by atoms with Gasteiger partial charge in [-0.2, -0.15) is 0 Å². The van der Waals surface area contributed by atoms with E-state index >= 15 is 0 Å². The highest BCUT2D eigenvalue weighted by atomic mass is 32.2. The van der Waals surface area contributed by atoms with Crippen LogP contribution in [0, 0.1) is 23.6 Å². The van der Waals surface area contributed by atoms with Gasteiger partial charge in [-0.15, -0.1) is 10.2 Å². The molecule has 10 heteroatoms. The molecule has 0 aliphatic heterocycles. The molecule has 2 saturated carbocycles. The minimum absolute atomic E-state index is 0.0152. The maximum absolute atomic E-state index is 14.0. The van der Waals surface area contributed by atoms with E-state index in [9.17, 15) is 14.0 Å². The number of para-hydroxylation sites is 1. The molecule has 2 bridgehead atoms. The summed E-state index contributed by atoms with van der Waals surface area (Å²) >= 11 is 1.19. The second-order valence-electron chi connectivity index (χ2n) is 8.27. The average molecular weight is 448 g/mol. The maximum Gasteiger partial charge on any atom is 0.318 e. The Balaban J connectivity index is 1.53. The maximum atomic E-state index is 14.0. The molecular weight excluding hydrogens is 421 g/mol. The van der Waals surface area contributed by atoms with E-state index in [1.807, 2.05) is 4.57 Å². The monoisotopic (exact) mass is 447 g/mol. The van der Waals surface area contributed by atoms with Crippen molar-refractivity contribution in [2.24, 2.45) is 23.5 Å². The fraction of sp³-hybridized carbons (Fsp3) is 0.524. The van der Waals surface area contributed by atoms with Crippen molar-refractivity contribution >= 4 is 23.7 Å². The second-order valence-corrected chi connectivity index (χ2v) is 9.21. The third-order valence-electron chi connectivity index (χ3n) is 6.34. The lowest BCUT2D eigenvalue weighted by molar-refractivity contribution is -0.117. The lowest BCUT2D eigenvalue weighted by atomic mass is 9.84. The SMILES string of the molecule is CC(C1CC2CCC1C2)n1c(COc2ccccc2F)nnc1SCC(=O)NC(N)=O. The Morgan fingerprint density at radius 1 is 1.32 bits per heavy atom. The number of carbonyl (C=O) groups excluding carboxylic acids is 2. The van der Waals surface area contributed by atoms with Crippen LogP contribution < -0.4 is 15.8 Å². The van der Waals surface area contributed by atoms with E-state index in [0.29, 0.717) is 22.8 Å². The summed E-state index contributed by atoms with van der Waals surface area (Å²) in [6.45, 7) is 2.21. The van der Waals surface area contributed by atoms with E-state index < -0.39 is 17.8 Å². The van der Waals surface area contributed by atoms with Crippen LogP contribution in [0.3, 0.4) is 0 Å². The van der Waals surface area contributed by atoms with Crippen molar-refractivity contribution < 1.29 is 18.7 Å². The number of aromatic nitrogens is 3. The summed E-state index contributed by atoms with van der Waals surface area (Å²) in [5, 5.41) is 11.2. The van der Waals surface area contributed by atoms with Gasteiger partial charge < -0.3 is 10.5 Å². The molecular formula is C21H26FN5O3S. The molecule has 31 heavy (non-hydrogen) atoms. The standard InChI is InChI=1S/C21H26FN5O3S/c1-12(15-9-13-6-7-14(15)8-13)27-18(10-30-17-5-3-2-4-16(17)22)25-26-21(27)31-11-19(28)24-20(23)29/h2-5,12-15H,6-11H2,1H3,(H3,23,24,28,29). The Kier molecular flexibility index (Phi) is 6.45. The summed E-state index contributed by atoms with van der Waals surface area (Å²) in [6, 6.07) is 5.45. The molecule has 8 nitrogen and oxygen atoms in total. The van der Waals surface area contributed by atoms with Gasteiger partial charge in [-0.25, -0.2) is 9.18 Å². The molecule has 1 aromatic carbocycles. The number of primary amides is 1. The van der Waals surface area contributed by atoms with E-state index in [0.717, 1.165) is 5.92 Å². The first-order valence-electron chi connectivity index (χ1n) is 10.5. The van der Waals surface area contributed by atoms with Crippen LogP contribution >= 0.6 is 11.8 Å². The fourth-order valence-corrected chi connectivity index (χ4v) is 5.84. The third kappa shape index (κ3) is 4.84. The van der Waals surface area contributed by atoms with Gasteiger partial charge in [-0.05, 0) is 56.1 Å². The zero-order valence-electron chi connectivity index (χ0n) is 17.3. The van der Waals surface area contributed by atoms with Crippen LogP contribution in [-0.2, 0) is 11.4 Å². The highest BCUT2D eigenvalue weighted by molar-refractivity contribution is 7.99. The van der Waals surface area contributed by atoms with Crippen molar-refractivity contribution in [3.8, 4) is 5.75 Å². The number of amides is 3. The molecule has 3 N–H and O–H groups in total. The Morgan fingerprint density at radius 3 is 2.81 bits per heavy atom. The van der Waals surface area contributed by atoms with Crippen LogP contribution in [0.2, 0.25) is 0 Å². The van der Waals surface area contributed by atoms with Crippen LogP contribution in [-0.4, -0.2) is 32.5 Å². The molecule has 2 aromatic rings. The Hall–Kier alpha value is -2.62. The number of imide groups is 1. The smallest absolute Gasteiger partial charge is 0.318 e. The number of nitrogens with two attached hydrogens (primary N) is 1. The first kappa shape index (κ1) is 21.6. The van der Waals surface area contributed by atoms with Gasteiger partial charge >= 0.3 is 6.03 Å². The summed E-state index contributed by atoms with van der Waals surface area (Å²) in [7, 11) is 0. The predicted molar refractivity (Wildman–Crippen MR) is 113 cm³/mol. The van der Waals surface area contributed by atoms with Crippen molar-refractivity contribution in [2.45, 2.75) is 50.4 Å². The number of hydrogen-bond donors (Lipinski definition) is 2. The first-order valence-corrected chi connectivity index (χ1v) is 11.4. The van der Waals surface area contributed by atoms with Crippen molar-refractivity contribution in [3.05, 3.63) is 35.9 Å². The summed E-state index contributed by atoms with van der Waals surface area (Å²) < 4.78 is 21.7. The van der Waals surface area contributed by atoms with Crippen molar-refractivity contribution in [1.29, 1.82) is 0 Å². The van der Waals surface area contributed by atoms with Crippen LogP contribution in [0.4, 0.5) is 9.18 Å². The number of rotatable bonds is 8. The van der Waals surface area contributed by atoms with Crippen LogP contribution in [0.5, 0.6) is 5.75 Å². The quantitative estimate of drug-likeness (QED) is 0.601. The summed E-state index contributed by atoms with van der Waals surface area (Å²) in [5.74, 6) is 1.75. The number of nitrogens with zero attached hydrogens (tertiary/aromatic N) is 3. The van der Waals surface area contributed by atoms with Gasteiger partial charge in [0.05, 0.1) is 5.75 Å². The molecule has 3 amide bonds. The summed E-state index contributed by atoms with van der Waals surface area (Å²) in [5.41, 5.74) is 5.01. The first-order chi connectivity index (χ1) is 14.9. The van der Waals surface area contributed by atoms with Crippen molar-refractivity contribution in [2.75, 3.05) is 5.75 Å². The molecule has 0 saturated heterocycles. The van der Waals surface area contributed by atoms with E-state index in [4.69, 9.17) is 10.5 Å². The molecule has 166 valence electrons. The topological polar surface area (TPSA) is 112 Å². The van der Waals surface area contributed by atoms with Gasteiger partial charge in [-0.1, -0.05) is 30.3 Å². The van der Waals surface area contributed by atoms with Gasteiger partial charge in [0.15, 0.2) is 22.5 Å². The van der Waals surface area contributed by atoms with Gasteiger partial charge in [0.25, 0.3) is 0 Å². The Labute approximate surface area is 184 Å². The highest BCUT2D eigenvalue weighted by Gasteiger charge is 2.43. The molecule has 4 unspecified atom stereocenters. The zero-order chi connectivity index (χ0) is 22.0. The third-order valence-corrected chi connectivity index (χ3v) is 7.29. The highest BCUT2D eigenvalue weighted by Crippen LogP contribution is 2.52. The zero-order valence-corrected chi connectivity index (χ0v) is 18.1. The second kappa shape index (κ2) is 9.25. The minimum atomic E-state index is -0.888. The summed E-state index contributed by atoms with van der Waals surface area (Å²) in [6.07, 6.45) is 4.98. The van der Waals surface area contributed by atoms with Gasteiger partial charge in [-0.3, -0.25) is 14.7 Å². The van der Waals surface area contributed by atoms with Gasteiger partial charge in [0.1, 0.15) is 6.61 Å². The Bertz CT molecular complexity index is 968. The van der Waals surface area contributed by atoms with E-state index in [1.54, 1.807) is 18.2 Å². The fourth-order valence-electron chi connectivity index (χ4n) is 5.00. The normalized spacial score (nSPS) is 23.0. The van der Waals surface area contributed by atoms with E-state index in [1.165, 1.54) is 43.5 Å². The lowest BCUT2D eigenvalue weighted by Crippen LogP contribution is -2.36. The molecule has 2 aliphatic rings. The molecule has 0 spiro atoms. The molecule has 4 atom stereocenters. The van der Waals surface area contributed by atoms with E-state index in [2.05, 4.69) is 22.4 Å². The largest absolute Gasteiger partial charge is 0.483 e. The Morgan fingerprint density at radius 2 is 2.13 bits per heavy atom. The molecule has 2 fully saturated rings. The number of ether oxygens (including phenoxy) is 1. The van der Waals surface area contributed by atoms with Gasteiger partial charge in [0, 0.05) is 6.04 Å². The minimum Gasteiger partial charge on any atom is -0.483 e. The lowest BCUT2D eigenvalue weighted by Gasteiger charge is -2.30. The number of nitrogens with one attached hydrogen (secondary N) is 1. The average Bonchev–Trinajstić information content (AvgIpc) is 3.46. The van der Waals surface area contributed by atoms with Crippen molar-refractivity contribution in [1.82, 2.24) is 20.1 Å². The number of hydrogen-bond acceptors (Lipinski definition) is 6. The van der Waals surface area contributed by atoms with Crippen LogP contribution in [0.1, 0.15) is 44.5 Å². The summed E-state index contributed by atoms with van der Waals surface area (Å²) in [4.78, 5) is 22.8. The molecule has 2 aliphatic carbocycles. The number of thioether (sulfide) groups is 1.